The molecule has 2 amide bonds. The predicted molar refractivity (Wildman–Crippen MR) is 137 cm³/mol. The normalized spacial score (nSPS) is 14.6. The van der Waals surface area contributed by atoms with Gasteiger partial charge < -0.3 is 0 Å². The van der Waals surface area contributed by atoms with E-state index in [-0.39, 0.29) is 11.8 Å². The summed E-state index contributed by atoms with van der Waals surface area (Å²) in [5.74, 6) is -0.199. The summed E-state index contributed by atoms with van der Waals surface area (Å²) in [6.07, 6.45) is 20.3. The Bertz CT molecular complexity index is 918. The lowest BCUT2D eigenvalue weighted by Gasteiger charge is -2.27. The molecule has 0 N–H and O–H groups in total. The number of rotatable bonds is 15. The van der Waals surface area contributed by atoms with Crippen LogP contribution in [0.15, 0.2) is 24.3 Å². The summed E-state index contributed by atoms with van der Waals surface area (Å²) in [7, 11) is 0. The lowest BCUT2D eigenvalue weighted by molar-refractivity contribution is 0.0607. The van der Waals surface area contributed by atoms with Crippen molar-refractivity contribution >= 4 is 22.6 Å². The van der Waals surface area contributed by atoms with Gasteiger partial charge in [0.25, 0.3) is 11.8 Å². The maximum Gasteiger partial charge on any atom is 0.261 e. The predicted octanol–water partition coefficient (Wildman–Crippen LogP) is 8.02. The number of nitrogens with zero attached hydrogens (tertiary/aromatic N) is 1. The van der Waals surface area contributed by atoms with Crippen molar-refractivity contribution < 1.29 is 9.59 Å². The summed E-state index contributed by atoms with van der Waals surface area (Å²) in [5.41, 5.74) is 4.01. The first kappa shape index (κ1) is 24.0. The van der Waals surface area contributed by atoms with Crippen LogP contribution in [-0.2, 0) is 12.8 Å². The zero-order valence-electron chi connectivity index (χ0n) is 20.6. The van der Waals surface area contributed by atoms with E-state index in [0.29, 0.717) is 6.54 Å². The van der Waals surface area contributed by atoms with Gasteiger partial charge in [-0.1, -0.05) is 103 Å². The molecule has 0 saturated carbocycles. The molecule has 2 aromatic rings. The largest absolute Gasteiger partial charge is 0.274 e. The fraction of sp³-hybridized carbons (Fsp3) is 0.600. The van der Waals surface area contributed by atoms with Gasteiger partial charge >= 0.3 is 0 Å². The standard InChI is InChI=1S/C30H41NO2/c1-2-3-4-5-6-7-8-9-10-11-12-13-14-15-22-31-29(32)25-20-18-23-16-17-24-19-21-26(30(31)33)28(25)27(23)24/h18-21H,2-17,22H2,1H3. The van der Waals surface area contributed by atoms with Crippen LogP contribution in [0.4, 0.5) is 0 Å². The lowest BCUT2D eigenvalue weighted by atomic mass is 9.91. The molecule has 0 saturated heterocycles. The van der Waals surface area contributed by atoms with Crippen molar-refractivity contribution in [2.45, 2.75) is 110 Å². The van der Waals surface area contributed by atoms with Crippen molar-refractivity contribution in [1.29, 1.82) is 0 Å². The molecule has 0 radical (unpaired) electrons. The zero-order chi connectivity index (χ0) is 23.0. The number of hydrogen-bond donors (Lipinski definition) is 0. The van der Waals surface area contributed by atoms with Gasteiger partial charge in [0.2, 0.25) is 0 Å². The molecule has 0 atom stereocenters. The van der Waals surface area contributed by atoms with Gasteiger partial charge in [-0.15, -0.1) is 0 Å². The van der Waals surface area contributed by atoms with Crippen LogP contribution in [0, 0.1) is 0 Å². The second-order valence-electron chi connectivity index (χ2n) is 10.2. The van der Waals surface area contributed by atoms with Crippen molar-refractivity contribution in [3.63, 3.8) is 0 Å². The fourth-order valence-corrected chi connectivity index (χ4v) is 5.74. The number of imide groups is 1. The Kier molecular flexibility index (Phi) is 8.58. The molecule has 0 fully saturated rings. The van der Waals surface area contributed by atoms with Gasteiger partial charge in [-0.2, -0.15) is 0 Å². The molecule has 3 heteroatoms. The summed E-state index contributed by atoms with van der Waals surface area (Å²) in [6, 6.07) is 8.08. The molecule has 33 heavy (non-hydrogen) atoms. The molecule has 3 nitrogen and oxygen atoms in total. The zero-order valence-corrected chi connectivity index (χ0v) is 20.6. The molecule has 1 heterocycles. The summed E-state index contributed by atoms with van der Waals surface area (Å²) in [6.45, 7) is 2.82. The molecule has 0 aromatic heterocycles. The number of hydrogen-bond acceptors (Lipinski definition) is 2. The van der Waals surface area contributed by atoms with Gasteiger partial charge in [0, 0.05) is 23.1 Å². The highest BCUT2D eigenvalue weighted by Gasteiger charge is 2.34. The van der Waals surface area contributed by atoms with E-state index in [9.17, 15) is 9.59 Å². The summed E-state index contributed by atoms with van der Waals surface area (Å²) < 4.78 is 0. The molecular formula is C30H41NO2. The fourth-order valence-electron chi connectivity index (χ4n) is 5.74. The van der Waals surface area contributed by atoms with E-state index in [2.05, 4.69) is 19.1 Å². The van der Waals surface area contributed by atoms with Crippen LogP contribution in [0.2, 0.25) is 0 Å². The number of amides is 2. The number of unbranched alkanes of at least 4 members (excludes halogenated alkanes) is 13. The monoisotopic (exact) mass is 447 g/mol. The van der Waals surface area contributed by atoms with Crippen molar-refractivity contribution in [3.8, 4) is 0 Å². The van der Waals surface area contributed by atoms with Crippen molar-refractivity contribution in [2.24, 2.45) is 0 Å². The van der Waals surface area contributed by atoms with Crippen molar-refractivity contribution in [2.75, 3.05) is 6.54 Å². The number of benzene rings is 2. The topological polar surface area (TPSA) is 37.4 Å². The van der Waals surface area contributed by atoms with Gasteiger partial charge in [-0.25, -0.2) is 0 Å². The first-order valence-electron chi connectivity index (χ1n) is 13.7. The third-order valence-corrected chi connectivity index (χ3v) is 7.68. The molecule has 178 valence electrons. The Morgan fingerprint density at radius 3 is 1.45 bits per heavy atom. The van der Waals surface area contributed by atoms with Crippen LogP contribution in [-0.4, -0.2) is 23.3 Å². The van der Waals surface area contributed by atoms with Crippen LogP contribution in [0.25, 0.3) is 10.8 Å². The first-order chi connectivity index (χ1) is 16.2. The van der Waals surface area contributed by atoms with E-state index >= 15 is 0 Å². The second-order valence-corrected chi connectivity index (χ2v) is 10.2. The maximum atomic E-state index is 13.1. The van der Waals surface area contributed by atoms with Crippen molar-refractivity contribution in [3.05, 3.63) is 46.5 Å². The Morgan fingerprint density at radius 1 is 0.576 bits per heavy atom. The van der Waals surface area contributed by atoms with Gasteiger partial charge in [0.1, 0.15) is 0 Å². The molecule has 2 aromatic carbocycles. The highest BCUT2D eigenvalue weighted by Crippen LogP contribution is 2.38. The Morgan fingerprint density at radius 2 is 1.00 bits per heavy atom. The molecule has 0 unspecified atom stereocenters. The quantitative estimate of drug-likeness (QED) is 0.205. The van der Waals surface area contributed by atoms with Gasteiger partial charge in [0.05, 0.1) is 0 Å². The van der Waals surface area contributed by atoms with E-state index < -0.39 is 0 Å². The summed E-state index contributed by atoms with van der Waals surface area (Å²) in [4.78, 5) is 27.7. The van der Waals surface area contributed by atoms with E-state index in [1.165, 1.54) is 98.5 Å². The molecule has 0 bridgehead atoms. The van der Waals surface area contributed by atoms with Crippen LogP contribution in [0.1, 0.15) is 129 Å². The highest BCUT2D eigenvalue weighted by atomic mass is 16.2. The van der Waals surface area contributed by atoms with Crippen LogP contribution < -0.4 is 0 Å². The molecule has 1 aliphatic carbocycles. The smallest absolute Gasteiger partial charge is 0.261 e. The Balaban J connectivity index is 1.14. The minimum atomic E-state index is -0.0993. The number of carbonyl (C=O) groups is 2. The lowest BCUT2D eigenvalue weighted by Crippen LogP contribution is -2.40. The third kappa shape index (κ3) is 5.50. The number of aryl methyl sites for hydroxylation is 2. The number of carbonyl (C=O) groups excluding carboxylic acids is 2. The maximum absolute atomic E-state index is 13.1. The van der Waals surface area contributed by atoms with E-state index in [4.69, 9.17) is 0 Å². The van der Waals surface area contributed by atoms with E-state index in [1.54, 1.807) is 0 Å². The Labute approximate surface area is 199 Å². The molecule has 0 spiro atoms. The van der Waals surface area contributed by atoms with E-state index in [1.807, 2.05) is 12.1 Å². The molecule has 1 aliphatic heterocycles. The average molecular weight is 448 g/mol. The Hall–Kier alpha value is -2.16. The van der Waals surface area contributed by atoms with Gasteiger partial charge in [0.15, 0.2) is 0 Å². The molecular weight excluding hydrogens is 406 g/mol. The summed E-state index contributed by atoms with van der Waals surface area (Å²) in [5, 5.41) is 2.08. The average Bonchev–Trinajstić information content (AvgIpc) is 3.25. The molecule has 4 rings (SSSR count). The first-order valence-corrected chi connectivity index (χ1v) is 13.7. The minimum Gasteiger partial charge on any atom is -0.274 e. The molecule has 2 aliphatic rings. The van der Waals surface area contributed by atoms with Crippen molar-refractivity contribution in [1.82, 2.24) is 4.90 Å². The minimum absolute atomic E-state index is 0.0993. The van der Waals surface area contributed by atoms with E-state index in [0.717, 1.165) is 42.2 Å². The second kappa shape index (κ2) is 11.8. The van der Waals surface area contributed by atoms with Crippen LogP contribution in [0.3, 0.4) is 0 Å². The van der Waals surface area contributed by atoms with Gasteiger partial charge in [-0.3, -0.25) is 14.5 Å². The summed E-state index contributed by atoms with van der Waals surface area (Å²) >= 11 is 0. The van der Waals surface area contributed by atoms with Gasteiger partial charge in [-0.05, 0) is 47.9 Å². The highest BCUT2D eigenvalue weighted by molar-refractivity contribution is 6.26. The SMILES string of the molecule is CCCCCCCCCCCCCCCCN1C(=O)c2ccc3c4c(ccc(c24)C1=O)CC3. The van der Waals surface area contributed by atoms with Crippen LogP contribution in [0.5, 0.6) is 0 Å². The third-order valence-electron chi connectivity index (χ3n) is 7.68. The van der Waals surface area contributed by atoms with Crippen LogP contribution >= 0.6 is 0 Å².